The number of nitro groups is 1. The second kappa shape index (κ2) is 4.30. The Morgan fingerprint density at radius 3 is 2.50 bits per heavy atom. The molecule has 6 nitrogen and oxygen atoms in total. The Morgan fingerprint density at radius 1 is 1.39 bits per heavy atom. The fourth-order valence-electron chi connectivity index (χ4n) is 1.86. The summed E-state index contributed by atoms with van der Waals surface area (Å²) in [7, 11) is 0. The lowest BCUT2D eigenvalue weighted by Crippen LogP contribution is -2.28. The third kappa shape index (κ3) is 2.02. The normalized spacial score (nSPS) is 19.4. The van der Waals surface area contributed by atoms with Crippen molar-refractivity contribution in [2.24, 2.45) is 5.73 Å². The molecule has 1 atom stereocenters. The van der Waals surface area contributed by atoms with E-state index in [9.17, 15) is 23.7 Å². The Bertz CT molecular complexity index is 535. The fraction of sp³-hybridized carbons (Fsp3) is 0.300. The van der Waals surface area contributed by atoms with E-state index in [1.54, 1.807) is 0 Å². The summed E-state index contributed by atoms with van der Waals surface area (Å²) in [6.45, 7) is 0.0464. The molecule has 0 radical (unpaired) electrons. The first-order valence-electron chi connectivity index (χ1n) is 5.09. The molecule has 1 aromatic rings. The molecular formula is C10H9F2N3O3. The van der Waals surface area contributed by atoms with E-state index in [1.807, 2.05) is 0 Å². The lowest BCUT2D eigenvalue weighted by atomic mass is 10.2. The molecular weight excluding hydrogens is 248 g/mol. The van der Waals surface area contributed by atoms with Crippen LogP contribution in [0.3, 0.4) is 0 Å². The van der Waals surface area contributed by atoms with Crippen molar-refractivity contribution in [1.82, 2.24) is 0 Å². The van der Waals surface area contributed by atoms with Crippen LogP contribution in [0.15, 0.2) is 12.1 Å². The van der Waals surface area contributed by atoms with E-state index >= 15 is 0 Å². The molecule has 1 aliphatic rings. The van der Waals surface area contributed by atoms with Crippen molar-refractivity contribution in [3.8, 4) is 0 Å². The zero-order valence-corrected chi connectivity index (χ0v) is 9.10. The van der Waals surface area contributed by atoms with E-state index in [2.05, 4.69) is 0 Å². The van der Waals surface area contributed by atoms with E-state index in [0.29, 0.717) is 12.1 Å². The molecule has 1 aromatic carbocycles. The first-order valence-corrected chi connectivity index (χ1v) is 5.09. The van der Waals surface area contributed by atoms with E-state index < -0.39 is 34.2 Å². The van der Waals surface area contributed by atoms with Gasteiger partial charge in [-0.2, -0.15) is 0 Å². The molecule has 1 unspecified atom stereocenters. The first kappa shape index (κ1) is 12.4. The molecule has 96 valence electrons. The van der Waals surface area contributed by atoms with Gasteiger partial charge in [0.15, 0.2) is 11.6 Å². The number of nitrogens with two attached hydrogens (primary N) is 1. The van der Waals surface area contributed by atoms with Crippen LogP contribution >= 0.6 is 0 Å². The summed E-state index contributed by atoms with van der Waals surface area (Å²) in [5.74, 6) is -3.03. The second-order valence-corrected chi connectivity index (χ2v) is 3.98. The van der Waals surface area contributed by atoms with E-state index in [1.165, 1.54) is 0 Å². The Labute approximate surface area is 100 Å². The number of benzene rings is 1. The van der Waals surface area contributed by atoms with Crippen LogP contribution in [0, 0.1) is 21.7 Å². The molecule has 0 saturated carbocycles. The minimum absolute atomic E-state index is 0.0240. The highest BCUT2D eigenvalue weighted by atomic mass is 19.2. The molecule has 1 fully saturated rings. The van der Waals surface area contributed by atoms with Crippen LogP contribution in [0.25, 0.3) is 0 Å². The van der Waals surface area contributed by atoms with Crippen LogP contribution in [-0.4, -0.2) is 23.4 Å². The molecule has 2 N–H and O–H groups in total. The smallest absolute Gasteiger partial charge is 0.296 e. The highest BCUT2D eigenvalue weighted by molar-refractivity contribution is 5.98. The molecule has 8 heteroatoms. The number of nitro benzene ring substituents is 1. The first-order chi connectivity index (χ1) is 8.40. The minimum atomic E-state index is -1.33. The Hall–Kier alpha value is -2.09. The number of amides is 1. The third-order valence-electron chi connectivity index (χ3n) is 2.66. The third-order valence-corrected chi connectivity index (χ3v) is 2.66. The summed E-state index contributed by atoms with van der Waals surface area (Å²) >= 11 is 0. The maximum atomic E-state index is 13.1. The van der Waals surface area contributed by atoms with Crippen LogP contribution in [0.5, 0.6) is 0 Å². The summed E-state index contributed by atoms with van der Waals surface area (Å²) in [5, 5.41) is 10.8. The zero-order chi connectivity index (χ0) is 13.4. The van der Waals surface area contributed by atoms with Gasteiger partial charge in [0.25, 0.3) is 5.69 Å². The summed E-state index contributed by atoms with van der Waals surface area (Å²) in [5.41, 5.74) is 4.62. The molecule has 18 heavy (non-hydrogen) atoms. The minimum Gasteiger partial charge on any atom is -0.326 e. The van der Waals surface area contributed by atoms with Crippen molar-refractivity contribution in [3.05, 3.63) is 33.9 Å². The van der Waals surface area contributed by atoms with Crippen LogP contribution in [-0.2, 0) is 4.79 Å². The largest absolute Gasteiger partial charge is 0.326 e. The Morgan fingerprint density at radius 2 is 2.00 bits per heavy atom. The standard InChI is InChI=1S/C10H9F2N3O3/c11-6-2-8(9(15(17)18)3-7(6)12)14-4-5(13)1-10(14)16/h2-3,5H,1,4,13H2. The molecule has 0 aromatic heterocycles. The number of nitrogens with zero attached hydrogens (tertiary/aromatic N) is 2. The van der Waals surface area contributed by atoms with Crippen molar-refractivity contribution < 1.29 is 18.5 Å². The maximum Gasteiger partial charge on any atom is 0.296 e. The van der Waals surface area contributed by atoms with Gasteiger partial charge in [-0.05, 0) is 0 Å². The van der Waals surface area contributed by atoms with Gasteiger partial charge >= 0.3 is 0 Å². The molecule has 0 bridgehead atoms. The van der Waals surface area contributed by atoms with Crippen molar-refractivity contribution in [3.63, 3.8) is 0 Å². The van der Waals surface area contributed by atoms with Gasteiger partial charge in [0.05, 0.1) is 11.0 Å². The SMILES string of the molecule is NC1CC(=O)N(c2cc(F)c(F)cc2[N+](=O)[O-])C1. The van der Waals surface area contributed by atoms with Crippen molar-refractivity contribution in [2.75, 3.05) is 11.4 Å². The number of rotatable bonds is 2. The van der Waals surface area contributed by atoms with Crippen molar-refractivity contribution in [2.45, 2.75) is 12.5 Å². The van der Waals surface area contributed by atoms with Gasteiger partial charge in [0, 0.05) is 25.1 Å². The van der Waals surface area contributed by atoms with Crippen molar-refractivity contribution >= 4 is 17.3 Å². The quantitative estimate of drug-likeness (QED) is 0.630. The molecule has 2 rings (SSSR count). The molecule has 1 heterocycles. The van der Waals surface area contributed by atoms with E-state index in [4.69, 9.17) is 5.73 Å². The molecule has 1 amide bonds. The summed E-state index contributed by atoms with van der Waals surface area (Å²) in [6, 6.07) is 0.635. The van der Waals surface area contributed by atoms with Crippen LogP contribution in [0.2, 0.25) is 0 Å². The number of halogens is 2. The van der Waals surface area contributed by atoms with Gasteiger partial charge in [-0.15, -0.1) is 0 Å². The second-order valence-electron chi connectivity index (χ2n) is 3.98. The maximum absolute atomic E-state index is 13.1. The average molecular weight is 257 g/mol. The van der Waals surface area contributed by atoms with Gasteiger partial charge in [-0.1, -0.05) is 0 Å². The predicted molar refractivity (Wildman–Crippen MR) is 58.0 cm³/mol. The highest BCUT2D eigenvalue weighted by Crippen LogP contribution is 2.32. The zero-order valence-electron chi connectivity index (χ0n) is 9.10. The van der Waals surface area contributed by atoms with Gasteiger partial charge in [-0.3, -0.25) is 14.9 Å². The van der Waals surface area contributed by atoms with Gasteiger partial charge in [0.1, 0.15) is 5.69 Å². The monoisotopic (exact) mass is 257 g/mol. The Balaban J connectivity index is 2.52. The lowest BCUT2D eigenvalue weighted by molar-refractivity contribution is -0.384. The topological polar surface area (TPSA) is 89.5 Å². The summed E-state index contributed by atoms with van der Waals surface area (Å²) in [6.07, 6.45) is 0.0240. The molecule has 1 aliphatic heterocycles. The predicted octanol–water partition coefficient (Wildman–Crippen LogP) is 0.937. The van der Waals surface area contributed by atoms with Gasteiger partial charge in [0.2, 0.25) is 5.91 Å². The number of hydrogen-bond donors (Lipinski definition) is 1. The highest BCUT2D eigenvalue weighted by Gasteiger charge is 2.33. The van der Waals surface area contributed by atoms with Crippen LogP contribution in [0.1, 0.15) is 6.42 Å². The number of carbonyl (C=O) groups excluding carboxylic acids is 1. The number of hydrogen-bond acceptors (Lipinski definition) is 4. The average Bonchev–Trinajstić information content (AvgIpc) is 2.61. The van der Waals surface area contributed by atoms with Crippen molar-refractivity contribution in [1.29, 1.82) is 0 Å². The summed E-state index contributed by atoms with van der Waals surface area (Å²) < 4.78 is 26.1. The van der Waals surface area contributed by atoms with E-state index in [-0.39, 0.29) is 18.7 Å². The molecule has 1 saturated heterocycles. The summed E-state index contributed by atoms with van der Waals surface area (Å²) in [4.78, 5) is 22.5. The number of carbonyl (C=O) groups is 1. The molecule has 0 aliphatic carbocycles. The van der Waals surface area contributed by atoms with Crippen LogP contribution < -0.4 is 10.6 Å². The van der Waals surface area contributed by atoms with E-state index in [0.717, 1.165) is 4.90 Å². The fourth-order valence-corrected chi connectivity index (χ4v) is 1.86. The lowest BCUT2D eigenvalue weighted by Gasteiger charge is -2.16. The number of anilines is 1. The molecule has 0 spiro atoms. The van der Waals surface area contributed by atoms with Crippen LogP contribution in [0.4, 0.5) is 20.2 Å². The van der Waals surface area contributed by atoms with Gasteiger partial charge < -0.3 is 10.6 Å². The van der Waals surface area contributed by atoms with Gasteiger partial charge in [-0.25, -0.2) is 8.78 Å². The Kier molecular flexibility index (Phi) is 2.95.